The largest absolute Gasteiger partial charge is 0.480 e. The van der Waals surface area contributed by atoms with E-state index in [1.54, 1.807) is 11.8 Å². The Labute approximate surface area is 123 Å². The number of aliphatic carboxylic acids is 1. The van der Waals surface area contributed by atoms with Gasteiger partial charge in [0, 0.05) is 22.4 Å². The van der Waals surface area contributed by atoms with Gasteiger partial charge in [0.05, 0.1) is 5.52 Å². The summed E-state index contributed by atoms with van der Waals surface area (Å²) in [6, 6.07) is 5.17. The van der Waals surface area contributed by atoms with Crippen LogP contribution >= 0.6 is 11.8 Å². The van der Waals surface area contributed by atoms with Crippen LogP contribution in [0.4, 0.5) is 0 Å². The average Bonchev–Trinajstić information content (AvgIpc) is 2.77. The summed E-state index contributed by atoms with van der Waals surface area (Å²) in [6.07, 6.45) is 2.37. The van der Waals surface area contributed by atoms with Crippen molar-refractivity contribution in [3.63, 3.8) is 0 Å². The molecule has 0 bridgehead atoms. The molecule has 0 aliphatic rings. The van der Waals surface area contributed by atoms with Gasteiger partial charge < -0.3 is 15.8 Å². The van der Waals surface area contributed by atoms with E-state index in [4.69, 9.17) is 10.8 Å². The number of hydrogen-bond donors (Lipinski definition) is 3. The first-order valence-corrected chi connectivity index (χ1v) is 7.89. The van der Waals surface area contributed by atoms with Gasteiger partial charge in [0.25, 0.3) is 0 Å². The summed E-state index contributed by atoms with van der Waals surface area (Å²) >= 11 is 1.67. The summed E-state index contributed by atoms with van der Waals surface area (Å²) in [5, 5.41) is 9.97. The highest BCUT2D eigenvalue weighted by Crippen LogP contribution is 2.30. The number of aromatic amines is 1. The summed E-state index contributed by atoms with van der Waals surface area (Å²) in [7, 11) is 0. The van der Waals surface area contributed by atoms with Crippen LogP contribution in [-0.4, -0.2) is 28.4 Å². The molecule has 0 radical (unpaired) electrons. The third kappa shape index (κ3) is 3.35. The molecule has 20 heavy (non-hydrogen) atoms. The van der Waals surface area contributed by atoms with Gasteiger partial charge in [-0.15, -0.1) is 11.8 Å². The predicted octanol–water partition coefficient (Wildman–Crippen LogP) is 3.18. The monoisotopic (exact) mass is 294 g/mol. The van der Waals surface area contributed by atoms with Gasteiger partial charge in [0.15, 0.2) is 0 Å². The number of aromatic nitrogens is 1. The molecule has 0 aliphatic heterocycles. The smallest absolute Gasteiger partial charge is 0.320 e. The topological polar surface area (TPSA) is 79.1 Å². The maximum Gasteiger partial charge on any atom is 0.320 e. The van der Waals surface area contributed by atoms with Gasteiger partial charge in [-0.05, 0) is 24.8 Å². The zero-order valence-corrected chi connectivity index (χ0v) is 13.2. The van der Waals surface area contributed by atoms with Crippen LogP contribution in [0.15, 0.2) is 23.1 Å². The lowest BCUT2D eigenvalue weighted by Gasteiger charge is -2.06. The van der Waals surface area contributed by atoms with E-state index in [9.17, 15) is 4.79 Å². The zero-order valence-electron chi connectivity index (χ0n) is 12.4. The number of rotatable bonds is 4. The fraction of sp³-hybridized carbons (Fsp3) is 0.400. The molecule has 110 valence electrons. The van der Waals surface area contributed by atoms with E-state index in [1.165, 1.54) is 0 Å². The van der Waals surface area contributed by atoms with E-state index in [0.717, 1.165) is 27.1 Å². The summed E-state index contributed by atoms with van der Waals surface area (Å²) in [5.41, 5.74) is 8.67. The SMILES string of the molecule is CC.CSc1cccc2c(CC(N)C(=O)O)c(C)[nH]c12. The molecule has 0 fully saturated rings. The summed E-state index contributed by atoms with van der Waals surface area (Å²) in [5.74, 6) is -0.968. The molecule has 0 saturated heterocycles. The molecule has 4 N–H and O–H groups in total. The number of nitrogens with two attached hydrogens (primary N) is 1. The van der Waals surface area contributed by atoms with E-state index in [-0.39, 0.29) is 0 Å². The molecule has 2 rings (SSSR count). The van der Waals surface area contributed by atoms with E-state index >= 15 is 0 Å². The molecule has 0 aliphatic carbocycles. The normalized spacial score (nSPS) is 11.8. The first-order valence-electron chi connectivity index (χ1n) is 6.67. The number of benzene rings is 1. The van der Waals surface area contributed by atoms with Gasteiger partial charge in [-0.25, -0.2) is 0 Å². The number of carboxylic acid groups (broad SMARTS) is 1. The van der Waals surface area contributed by atoms with Crippen molar-refractivity contribution in [2.75, 3.05) is 6.26 Å². The number of carbonyl (C=O) groups is 1. The molecular weight excluding hydrogens is 272 g/mol. The van der Waals surface area contributed by atoms with Crippen LogP contribution < -0.4 is 5.73 Å². The molecule has 4 nitrogen and oxygen atoms in total. The summed E-state index contributed by atoms with van der Waals surface area (Å²) in [6.45, 7) is 5.95. The number of carboxylic acids is 1. The summed E-state index contributed by atoms with van der Waals surface area (Å²) < 4.78 is 0. The number of H-pyrrole nitrogens is 1. The first kappa shape index (κ1) is 16.6. The third-order valence-electron chi connectivity index (χ3n) is 3.08. The minimum absolute atomic E-state index is 0.346. The maximum absolute atomic E-state index is 10.9. The van der Waals surface area contributed by atoms with E-state index in [1.807, 2.05) is 45.2 Å². The molecule has 5 heteroatoms. The van der Waals surface area contributed by atoms with Crippen molar-refractivity contribution < 1.29 is 9.90 Å². The second kappa shape index (κ2) is 7.36. The standard InChI is InChI=1S/C13H16N2O2S.C2H6/c1-7-9(6-10(14)13(16)17)8-4-3-5-11(18-2)12(8)15-7;1-2/h3-5,10,15H,6,14H2,1-2H3,(H,16,17);1-2H3. The highest BCUT2D eigenvalue weighted by atomic mass is 32.2. The Morgan fingerprint density at radius 2 is 2.10 bits per heavy atom. The average molecular weight is 294 g/mol. The van der Waals surface area contributed by atoms with E-state index in [0.29, 0.717) is 6.42 Å². The van der Waals surface area contributed by atoms with Crippen molar-refractivity contribution in [2.45, 2.75) is 38.1 Å². The molecule has 0 amide bonds. The number of hydrogen-bond acceptors (Lipinski definition) is 3. The van der Waals surface area contributed by atoms with Gasteiger partial charge in [0.2, 0.25) is 0 Å². The number of aryl methyl sites for hydroxylation is 1. The fourth-order valence-electron chi connectivity index (χ4n) is 2.12. The Bertz CT molecular complexity index is 593. The predicted molar refractivity (Wildman–Crippen MR) is 85.5 cm³/mol. The fourth-order valence-corrected chi connectivity index (χ4v) is 2.70. The van der Waals surface area contributed by atoms with Gasteiger partial charge >= 0.3 is 5.97 Å². The molecule has 0 spiro atoms. The van der Waals surface area contributed by atoms with Gasteiger partial charge in [-0.3, -0.25) is 4.79 Å². The second-order valence-electron chi connectivity index (χ2n) is 4.26. The van der Waals surface area contributed by atoms with Crippen molar-refractivity contribution >= 4 is 28.6 Å². The van der Waals surface area contributed by atoms with Crippen molar-refractivity contribution in [2.24, 2.45) is 5.73 Å². The lowest BCUT2D eigenvalue weighted by molar-refractivity contribution is -0.138. The van der Waals surface area contributed by atoms with Crippen LogP contribution in [0, 0.1) is 6.92 Å². The number of nitrogens with one attached hydrogen (secondary N) is 1. The van der Waals surface area contributed by atoms with Crippen LogP contribution in [-0.2, 0) is 11.2 Å². The third-order valence-corrected chi connectivity index (χ3v) is 3.86. The maximum atomic E-state index is 10.9. The molecule has 1 aromatic carbocycles. The minimum atomic E-state index is -0.968. The Morgan fingerprint density at radius 1 is 1.45 bits per heavy atom. The van der Waals surface area contributed by atoms with E-state index in [2.05, 4.69) is 4.98 Å². The van der Waals surface area contributed by atoms with Crippen molar-refractivity contribution in [3.8, 4) is 0 Å². The molecule has 1 atom stereocenters. The Balaban J connectivity index is 0.000000956. The molecular formula is C15H22N2O2S. The van der Waals surface area contributed by atoms with Gasteiger partial charge in [0.1, 0.15) is 6.04 Å². The molecule has 1 aromatic heterocycles. The quantitative estimate of drug-likeness (QED) is 0.757. The summed E-state index contributed by atoms with van der Waals surface area (Å²) in [4.78, 5) is 15.3. The van der Waals surface area contributed by atoms with Gasteiger partial charge in [-0.2, -0.15) is 0 Å². The Morgan fingerprint density at radius 3 is 2.65 bits per heavy atom. The highest BCUT2D eigenvalue weighted by molar-refractivity contribution is 7.98. The highest BCUT2D eigenvalue weighted by Gasteiger charge is 2.17. The Hall–Kier alpha value is -1.46. The first-order chi connectivity index (χ1) is 9.54. The minimum Gasteiger partial charge on any atom is -0.480 e. The van der Waals surface area contributed by atoms with Crippen LogP contribution in [0.1, 0.15) is 25.1 Å². The van der Waals surface area contributed by atoms with Crippen molar-refractivity contribution in [3.05, 3.63) is 29.5 Å². The second-order valence-corrected chi connectivity index (χ2v) is 5.11. The zero-order chi connectivity index (χ0) is 15.3. The molecule has 1 unspecified atom stereocenters. The molecule has 1 heterocycles. The lowest BCUT2D eigenvalue weighted by Crippen LogP contribution is -2.32. The number of para-hydroxylation sites is 1. The van der Waals surface area contributed by atoms with Crippen LogP contribution in [0.25, 0.3) is 10.9 Å². The van der Waals surface area contributed by atoms with E-state index < -0.39 is 12.0 Å². The number of thioether (sulfide) groups is 1. The molecule has 2 aromatic rings. The van der Waals surface area contributed by atoms with Crippen LogP contribution in [0.3, 0.4) is 0 Å². The number of fused-ring (bicyclic) bond motifs is 1. The Kier molecular flexibility index (Phi) is 6.10. The van der Waals surface area contributed by atoms with Gasteiger partial charge in [-0.1, -0.05) is 26.0 Å². The van der Waals surface area contributed by atoms with Crippen LogP contribution in [0.2, 0.25) is 0 Å². The molecule has 0 saturated carbocycles. The van der Waals surface area contributed by atoms with Crippen molar-refractivity contribution in [1.82, 2.24) is 4.98 Å². The van der Waals surface area contributed by atoms with Crippen molar-refractivity contribution in [1.29, 1.82) is 0 Å². The van der Waals surface area contributed by atoms with Crippen LogP contribution in [0.5, 0.6) is 0 Å². The lowest BCUT2D eigenvalue weighted by atomic mass is 10.0.